The highest BCUT2D eigenvalue weighted by molar-refractivity contribution is 9.10. The van der Waals surface area contributed by atoms with Crippen LogP contribution in [0, 0.1) is 0 Å². The molecule has 4 heteroatoms. The van der Waals surface area contributed by atoms with E-state index in [-0.39, 0.29) is 5.97 Å². The Morgan fingerprint density at radius 2 is 1.67 bits per heavy atom. The van der Waals surface area contributed by atoms with Gasteiger partial charge in [0, 0.05) is 14.3 Å². The van der Waals surface area contributed by atoms with E-state index in [9.17, 15) is 4.79 Å². The van der Waals surface area contributed by atoms with E-state index in [0.717, 1.165) is 14.3 Å². The Morgan fingerprint density at radius 1 is 1.06 bits per heavy atom. The van der Waals surface area contributed by atoms with Crippen molar-refractivity contribution in [2.45, 2.75) is 9.79 Å². The minimum atomic E-state index is -0.315. The van der Waals surface area contributed by atoms with E-state index in [4.69, 9.17) is 4.74 Å². The van der Waals surface area contributed by atoms with Crippen LogP contribution < -0.4 is 0 Å². The third-order valence-electron chi connectivity index (χ3n) is 2.35. The molecule has 0 aromatic heterocycles. The minimum Gasteiger partial charge on any atom is -0.465 e. The van der Waals surface area contributed by atoms with E-state index in [0.29, 0.717) is 5.56 Å². The van der Waals surface area contributed by atoms with E-state index in [1.54, 1.807) is 6.07 Å². The van der Waals surface area contributed by atoms with E-state index in [2.05, 4.69) is 15.9 Å². The normalized spacial score (nSPS) is 10.1. The number of methoxy groups -OCH3 is 1. The van der Waals surface area contributed by atoms with Crippen LogP contribution in [0.25, 0.3) is 0 Å². The van der Waals surface area contributed by atoms with Crippen LogP contribution in [0.5, 0.6) is 0 Å². The Bertz CT molecular complexity index is 569. The van der Waals surface area contributed by atoms with Crippen molar-refractivity contribution in [3.8, 4) is 0 Å². The molecule has 92 valence electrons. The molecule has 2 nitrogen and oxygen atoms in total. The number of hydrogen-bond acceptors (Lipinski definition) is 3. The van der Waals surface area contributed by atoms with Gasteiger partial charge < -0.3 is 4.74 Å². The summed E-state index contributed by atoms with van der Waals surface area (Å²) in [6.07, 6.45) is 0. The molecule has 0 N–H and O–H groups in total. The lowest BCUT2D eigenvalue weighted by atomic mass is 10.2. The summed E-state index contributed by atoms with van der Waals surface area (Å²) in [6.45, 7) is 0. The second-order valence-corrected chi connectivity index (χ2v) is 5.46. The summed E-state index contributed by atoms with van der Waals surface area (Å²) in [4.78, 5) is 13.6. The Hall–Kier alpha value is -1.26. The van der Waals surface area contributed by atoms with Gasteiger partial charge in [0.2, 0.25) is 0 Å². The van der Waals surface area contributed by atoms with Gasteiger partial charge in [-0.05, 0) is 40.2 Å². The van der Waals surface area contributed by atoms with Gasteiger partial charge >= 0.3 is 5.97 Å². The lowest BCUT2D eigenvalue weighted by Crippen LogP contribution is -2.02. The number of halogens is 1. The van der Waals surface area contributed by atoms with Gasteiger partial charge in [-0.1, -0.05) is 36.0 Å². The highest BCUT2D eigenvalue weighted by atomic mass is 79.9. The molecule has 0 spiro atoms. The molecule has 0 bridgehead atoms. The fourth-order valence-corrected chi connectivity index (χ4v) is 2.96. The van der Waals surface area contributed by atoms with Crippen molar-refractivity contribution >= 4 is 33.7 Å². The standard InChI is InChI=1S/C14H11BrO2S/c1-17-14(16)10-6-2-4-8-12(10)18-13-9-5-3-7-11(13)15/h2-9H,1H3. The van der Waals surface area contributed by atoms with Crippen molar-refractivity contribution in [1.29, 1.82) is 0 Å². The molecule has 0 radical (unpaired) electrons. The van der Waals surface area contributed by atoms with Gasteiger partial charge in [0.15, 0.2) is 0 Å². The van der Waals surface area contributed by atoms with Crippen LogP contribution in [0.15, 0.2) is 62.8 Å². The first kappa shape index (κ1) is 13.2. The van der Waals surface area contributed by atoms with Crippen LogP contribution in [-0.4, -0.2) is 13.1 Å². The van der Waals surface area contributed by atoms with Crippen molar-refractivity contribution in [2.24, 2.45) is 0 Å². The molecule has 0 aliphatic rings. The average Bonchev–Trinajstić information content (AvgIpc) is 2.41. The Kier molecular flexibility index (Phi) is 4.44. The van der Waals surface area contributed by atoms with Gasteiger partial charge in [-0.2, -0.15) is 0 Å². The third-order valence-corrected chi connectivity index (χ3v) is 4.45. The van der Waals surface area contributed by atoms with E-state index >= 15 is 0 Å². The van der Waals surface area contributed by atoms with Crippen LogP contribution in [0.1, 0.15) is 10.4 Å². The second kappa shape index (κ2) is 6.07. The molecule has 18 heavy (non-hydrogen) atoms. The smallest absolute Gasteiger partial charge is 0.339 e. The maximum Gasteiger partial charge on any atom is 0.339 e. The SMILES string of the molecule is COC(=O)c1ccccc1Sc1ccccc1Br. The Balaban J connectivity index is 2.35. The maximum absolute atomic E-state index is 11.7. The number of hydrogen-bond donors (Lipinski definition) is 0. The Morgan fingerprint density at radius 3 is 2.33 bits per heavy atom. The summed E-state index contributed by atoms with van der Waals surface area (Å²) < 4.78 is 5.79. The highest BCUT2D eigenvalue weighted by Gasteiger charge is 2.12. The zero-order chi connectivity index (χ0) is 13.0. The van der Waals surface area contributed by atoms with E-state index in [1.807, 2.05) is 42.5 Å². The summed E-state index contributed by atoms with van der Waals surface area (Å²) in [6, 6.07) is 15.3. The zero-order valence-electron chi connectivity index (χ0n) is 9.72. The summed E-state index contributed by atoms with van der Waals surface area (Å²) in [5.41, 5.74) is 0.584. The summed E-state index contributed by atoms with van der Waals surface area (Å²) >= 11 is 5.03. The highest BCUT2D eigenvalue weighted by Crippen LogP contribution is 2.35. The topological polar surface area (TPSA) is 26.3 Å². The van der Waals surface area contributed by atoms with Gasteiger partial charge in [0.05, 0.1) is 12.7 Å². The van der Waals surface area contributed by atoms with Crippen molar-refractivity contribution in [2.75, 3.05) is 7.11 Å². The summed E-state index contributed by atoms with van der Waals surface area (Å²) in [5, 5.41) is 0. The third kappa shape index (κ3) is 2.94. The molecule has 0 aliphatic carbocycles. The number of esters is 1. The molecule has 2 aromatic rings. The van der Waals surface area contributed by atoms with Gasteiger partial charge in [-0.25, -0.2) is 4.79 Å². The molecular formula is C14H11BrO2S. The first-order valence-corrected chi connectivity index (χ1v) is 6.93. The molecule has 0 heterocycles. The summed E-state index contributed by atoms with van der Waals surface area (Å²) in [7, 11) is 1.39. The van der Waals surface area contributed by atoms with Crippen LogP contribution in [-0.2, 0) is 4.74 Å². The Labute approximate surface area is 118 Å². The number of ether oxygens (including phenoxy) is 1. The fourth-order valence-electron chi connectivity index (χ4n) is 1.48. The molecule has 0 saturated heterocycles. The number of benzene rings is 2. The maximum atomic E-state index is 11.7. The van der Waals surface area contributed by atoms with Crippen LogP contribution in [0.3, 0.4) is 0 Å². The van der Waals surface area contributed by atoms with Crippen molar-refractivity contribution in [1.82, 2.24) is 0 Å². The molecule has 0 amide bonds. The van der Waals surface area contributed by atoms with E-state index in [1.165, 1.54) is 18.9 Å². The molecule has 2 aromatic carbocycles. The largest absolute Gasteiger partial charge is 0.465 e. The monoisotopic (exact) mass is 322 g/mol. The number of rotatable bonds is 3. The molecule has 0 aliphatic heterocycles. The second-order valence-electron chi connectivity index (χ2n) is 3.52. The van der Waals surface area contributed by atoms with Crippen LogP contribution >= 0.6 is 27.7 Å². The van der Waals surface area contributed by atoms with E-state index < -0.39 is 0 Å². The quantitative estimate of drug-likeness (QED) is 0.784. The predicted octanol–water partition coefficient (Wildman–Crippen LogP) is 4.39. The average molecular weight is 323 g/mol. The fraction of sp³-hybridized carbons (Fsp3) is 0.0714. The molecule has 0 unspecified atom stereocenters. The molecule has 0 atom stereocenters. The van der Waals surface area contributed by atoms with Gasteiger partial charge in [-0.15, -0.1) is 0 Å². The predicted molar refractivity (Wildman–Crippen MR) is 76.0 cm³/mol. The lowest BCUT2D eigenvalue weighted by molar-refractivity contribution is 0.0597. The van der Waals surface area contributed by atoms with Gasteiger partial charge in [-0.3, -0.25) is 0 Å². The molecule has 2 rings (SSSR count). The van der Waals surface area contributed by atoms with Crippen LogP contribution in [0.4, 0.5) is 0 Å². The minimum absolute atomic E-state index is 0.315. The van der Waals surface area contributed by atoms with Crippen LogP contribution in [0.2, 0.25) is 0 Å². The lowest BCUT2D eigenvalue weighted by Gasteiger charge is -2.08. The van der Waals surface area contributed by atoms with Gasteiger partial charge in [0.1, 0.15) is 0 Å². The molecule has 0 saturated carbocycles. The molecule has 0 fully saturated rings. The van der Waals surface area contributed by atoms with Gasteiger partial charge in [0.25, 0.3) is 0 Å². The summed E-state index contributed by atoms with van der Waals surface area (Å²) in [5.74, 6) is -0.315. The van der Waals surface area contributed by atoms with Crippen molar-refractivity contribution in [3.05, 3.63) is 58.6 Å². The first-order chi connectivity index (χ1) is 8.72. The number of carbonyl (C=O) groups excluding carboxylic acids is 1. The zero-order valence-corrected chi connectivity index (χ0v) is 12.1. The van der Waals surface area contributed by atoms with Crippen molar-refractivity contribution < 1.29 is 9.53 Å². The number of carbonyl (C=O) groups is 1. The first-order valence-electron chi connectivity index (χ1n) is 5.32. The van der Waals surface area contributed by atoms with Crippen molar-refractivity contribution in [3.63, 3.8) is 0 Å². The molecular weight excluding hydrogens is 312 g/mol.